The number of hydrogen-bond donors (Lipinski definition) is 0. The molecule has 0 bridgehead atoms. The number of aryl methyl sites for hydroxylation is 1. The summed E-state index contributed by atoms with van der Waals surface area (Å²) in [6.45, 7) is 12.0. The van der Waals surface area contributed by atoms with Crippen LogP contribution in [0.15, 0.2) is 96.4 Å². The molecule has 0 radical (unpaired) electrons. The molecular weight excluding hydrogens is 414 g/mol. The Bertz CT molecular complexity index is 1180. The molecule has 0 N–H and O–H groups in total. The van der Waals surface area contributed by atoms with Gasteiger partial charge in [-0.05, 0) is 55.3 Å². The fourth-order valence-electron chi connectivity index (χ4n) is 3.14. The van der Waals surface area contributed by atoms with Gasteiger partial charge in [-0.1, -0.05) is 78.4 Å². The minimum Gasteiger partial charge on any atom is -0.262 e. The third-order valence-corrected chi connectivity index (χ3v) is 6.71. The zero-order valence-electron chi connectivity index (χ0n) is 17.1. The summed E-state index contributed by atoms with van der Waals surface area (Å²) in [7, 11) is -3.83. The third-order valence-electron chi connectivity index (χ3n) is 4.70. The molecule has 154 valence electrons. The lowest BCUT2D eigenvalue weighted by molar-refractivity contribution is 0.592. The SMILES string of the molecule is C=C(C)CN(c1ccc(Cl)cc1C(=C)c1ccccc1)S(=O)(=O)c1ccc(C)cc1. The standard InChI is InChI=1S/C25H24ClNO2S/c1-18(2)17-27(30(28,29)23-13-10-19(3)11-14-23)25-15-12-22(26)16-24(25)20(4)21-8-6-5-7-9-21/h5-16H,1,4,17H2,2-3H3. The van der Waals surface area contributed by atoms with Gasteiger partial charge in [0, 0.05) is 10.6 Å². The lowest BCUT2D eigenvalue weighted by Crippen LogP contribution is -2.33. The van der Waals surface area contributed by atoms with Crippen LogP contribution in [0.5, 0.6) is 0 Å². The summed E-state index contributed by atoms with van der Waals surface area (Å²) in [5.41, 5.74) is 4.47. The second-order valence-corrected chi connectivity index (χ2v) is 9.59. The number of anilines is 1. The Labute approximate surface area is 184 Å². The zero-order valence-corrected chi connectivity index (χ0v) is 18.7. The quantitative estimate of drug-likeness (QED) is 0.396. The van der Waals surface area contributed by atoms with Crippen LogP contribution in [0.3, 0.4) is 0 Å². The van der Waals surface area contributed by atoms with E-state index < -0.39 is 10.0 Å². The molecule has 0 saturated carbocycles. The van der Waals surface area contributed by atoms with Crippen molar-refractivity contribution in [1.29, 1.82) is 0 Å². The number of hydrogen-bond acceptors (Lipinski definition) is 2. The Balaban J connectivity index is 2.19. The van der Waals surface area contributed by atoms with E-state index in [-0.39, 0.29) is 11.4 Å². The average molecular weight is 438 g/mol. The largest absolute Gasteiger partial charge is 0.264 e. The van der Waals surface area contributed by atoms with Gasteiger partial charge in [-0.3, -0.25) is 4.31 Å². The van der Waals surface area contributed by atoms with Crippen molar-refractivity contribution >= 4 is 32.9 Å². The summed E-state index contributed by atoms with van der Waals surface area (Å²) in [4.78, 5) is 0.223. The van der Waals surface area contributed by atoms with Crippen molar-refractivity contribution in [3.63, 3.8) is 0 Å². The molecule has 0 aromatic heterocycles. The fraction of sp³-hybridized carbons (Fsp3) is 0.120. The topological polar surface area (TPSA) is 37.4 Å². The first kappa shape index (κ1) is 21.9. The highest BCUT2D eigenvalue weighted by atomic mass is 35.5. The molecule has 0 fully saturated rings. The molecule has 30 heavy (non-hydrogen) atoms. The van der Waals surface area contributed by atoms with Crippen molar-refractivity contribution in [2.75, 3.05) is 10.8 Å². The highest BCUT2D eigenvalue weighted by Gasteiger charge is 2.27. The van der Waals surface area contributed by atoms with Gasteiger partial charge in [-0.15, -0.1) is 0 Å². The first-order chi connectivity index (χ1) is 14.2. The monoisotopic (exact) mass is 437 g/mol. The lowest BCUT2D eigenvalue weighted by atomic mass is 9.98. The maximum Gasteiger partial charge on any atom is 0.264 e. The van der Waals surface area contributed by atoms with Crippen molar-refractivity contribution in [2.24, 2.45) is 0 Å². The molecule has 0 aliphatic rings. The minimum atomic E-state index is -3.83. The Morgan fingerprint density at radius 3 is 2.20 bits per heavy atom. The van der Waals surface area contributed by atoms with Crippen LogP contribution < -0.4 is 4.31 Å². The number of halogens is 1. The molecule has 3 aromatic rings. The van der Waals surface area contributed by atoms with Crippen LogP contribution in [-0.4, -0.2) is 15.0 Å². The van der Waals surface area contributed by atoms with Crippen molar-refractivity contribution < 1.29 is 8.42 Å². The van der Waals surface area contributed by atoms with Gasteiger partial charge in [-0.2, -0.15) is 0 Å². The van der Waals surface area contributed by atoms with Gasteiger partial charge in [0.1, 0.15) is 0 Å². The molecule has 5 heteroatoms. The molecule has 3 aromatic carbocycles. The summed E-state index contributed by atoms with van der Waals surface area (Å²) in [6, 6.07) is 21.6. The number of benzene rings is 3. The second-order valence-electron chi connectivity index (χ2n) is 7.29. The van der Waals surface area contributed by atoms with Crippen molar-refractivity contribution in [3.8, 4) is 0 Å². The molecule has 0 aliphatic carbocycles. The van der Waals surface area contributed by atoms with E-state index in [0.29, 0.717) is 21.8 Å². The fourth-order valence-corrected chi connectivity index (χ4v) is 4.86. The van der Waals surface area contributed by atoms with Gasteiger partial charge < -0.3 is 0 Å². The summed E-state index contributed by atoms with van der Waals surface area (Å²) in [5, 5.41) is 0.508. The molecule has 3 nitrogen and oxygen atoms in total. The minimum absolute atomic E-state index is 0.146. The Hall–Kier alpha value is -2.82. The number of nitrogens with zero attached hydrogens (tertiary/aromatic N) is 1. The first-order valence-corrected chi connectivity index (χ1v) is 11.3. The van der Waals surface area contributed by atoms with Crippen LogP contribution >= 0.6 is 11.6 Å². The van der Waals surface area contributed by atoms with Crippen LogP contribution in [0.1, 0.15) is 23.6 Å². The van der Waals surface area contributed by atoms with Gasteiger partial charge >= 0.3 is 0 Å². The first-order valence-electron chi connectivity index (χ1n) is 9.48. The molecule has 0 spiro atoms. The third kappa shape index (κ3) is 4.66. The van der Waals surface area contributed by atoms with Gasteiger partial charge in [-0.25, -0.2) is 8.42 Å². The van der Waals surface area contributed by atoms with Crippen LogP contribution in [0.25, 0.3) is 5.57 Å². The molecule has 0 amide bonds. The van der Waals surface area contributed by atoms with E-state index in [1.165, 1.54) is 4.31 Å². The smallest absolute Gasteiger partial charge is 0.262 e. The van der Waals surface area contributed by atoms with Crippen LogP contribution in [0.2, 0.25) is 5.02 Å². The van der Waals surface area contributed by atoms with E-state index in [2.05, 4.69) is 13.2 Å². The summed E-state index contributed by atoms with van der Waals surface area (Å²) in [6.07, 6.45) is 0. The molecular formula is C25H24ClNO2S. The highest BCUT2D eigenvalue weighted by molar-refractivity contribution is 7.92. The lowest BCUT2D eigenvalue weighted by Gasteiger charge is -2.28. The maximum atomic E-state index is 13.6. The highest BCUT2D eigenvalue weighted by Crippen LogP contribution is 2.36. The molecule has 3 rings (SSSR count). The number of rotatable bonds is 7. The Morgan fingerprint density at radius 2 is 1.60 bits per heavy atom. The van der Waals surface area contributed by atoms with E-state index in [4.69, 9.17) is 11.6 Å². The van der Waals surface area contributed by atoms with Crippen molar-refractivity contribution in [2.45, 2.75) is 18.7 Å². The van der Waals surface area contributed by atoms with Crippen LogP contribution in [-0.2, 0) is 10.0 Å². The van der Waals surface area contributed by atoms with E-state index in [0.717, 1.165) is 16.7 Å². The van der Waals surface area contributed by atoms with Crippen molar-refractivity contribution in [3.05, 3.63) is 113 Å². The predicted octanol–water partition coefficient (Wildman–Crippen LogP) is 6.48. The summed E-state index contributed by atoms with van der Waals surface area (Å²) >= 11 is 6.28. The zero-order chi connectivity index (χ0) is 21.9. The second kappa shape index (κ2) is 8.90. The van der Waals surface area contributed by atoms with Crippen LogP contribution in [0.4, 0.5) is 5.69 Å². The molecule has 0 aliphatic heterocycles. The van der Waals surface area contributed by atoms with E-state index in [9.17, 15) is 8.42 Å². The summed E-state index contributed by atoms with van der Waals surface area (Å²) in [5.74, 6) is 0. The molecule has 0 unspecified atom stereocenters. The van der Waals surface area contributed by atoms with E-state index in [1.54, 1.807) is 49.4 Å². The molecule has 0 heterocycles. The Morgan fingerprint density at radius 1 is 0.967 bits per heavy atom. The van der Waals surface area contributed by atoms with Gasteiger partial charge in [0.25, 0.3) is 10.0 Å². The Kier molecular flexibility index (Phi) is 6.49. The van der Waals surface area contributed by atoms with Crippen LogP contribution in [0, 0.1) is 6.92 Å². The predicted molar refractivity (Wildman–Crippen MR) is 127 cm³/mol. The van der Waals surface area contributed by atoms with E-state index in [1.807, 2.05) is 37.3 Å². The number of sulfonamides is 1. The maximum absolute atomic E-state index is 13.6. The molecule has 0 atom stereocenters. The summed E-state index contributed by atoms with van der Waals surface area (Å²) < 4.78 is 28.6. The van der Waals surface area contributed by atoms with E-state index >= 15 is 0 Å². The van der Waals surface area contributed by atoms with Gasteiger partial charge in [0.2, 0.25) is 0 Å². The normalized spacial score (nSPS) is 11.2. The van der Waals surface area contributed by atoms with Gasteiger partial charge in [0.15, 0.2) is 0 Å². The van der Waals surface area contributed by atoms with Gasteiger partial charge in [0.05, 0.1) is 17.1 Å². The molecule has 0 saturated heterocycles. The average Bonchev–Trinajstić information content (AvgIpc) is 2.72. The van der Waals surface area contributed by atoms with Crippen molar-refractivity contribution in [1.82, 2.24) is 0 Å².